The minimum atomic E-state index is -5.00. The van der Waals surface area contributed by atoms with E-state index in [1.54, 1.807) is 30.3 Å². The van der Waals surface area contributed by atoms with E-state index in [1.807, 2.05) is 0 Å². The summed E-state index contributed by atoms with van der Waals surface area (Å²) < 4.78 is 56.9. The van der Waals surface area contributed by atoms with E-state index in [2.05, 4.69) is 37.1 Å². The molecule has 0 radical (unpaired) electrons. The Labute approximate surface area is 457 Å². The highest BCUT2D eigenvalue weighted by atomic mass is 19.4. The zero-order valence-corrected chi connectivity index (χ0v) is 44.7. The predicted octanol–water partition coefficient (Wildman–Crippen LogP) is 5.48. The predicted molar refractivity (Wildman–Crippen MR) is 291 cm³/mol. The van der Waals surface area contributed by atoms with Gasteiger partial charge < -0.3 is 51.0 Å². The standard InChI is InChI=1S/C61H69F3N8O7/c62-61(63,64)53(58(66)74)50(33-65)72-34-40-15-17-43(29-41(40)35-72)78-42-19-27-69(28-20-42)36-51(73)67-21-5-1-2-6-22-68-59(75)39-16-18-44(60(76)77)47(32-39)52-48-30-37-11-3-7-23-70-25-9-13-45(54(37)70)56(48)79-57-46-14-10-26-71-24-8-4-12-38(55(46)71)31-49(52)57/h15-18,29-33,42,65H,1-14,19-28,34-36H2,(H4-,66,67,68,73,74,75,76,77)/b53-50-,65-33?. The number of nitrogens with one attached hydrogen (secondary N) is 3. The molecule has 4 aromatic rings. The molecule has 15 nitrogen and oxygen atoms in total. The van der Waals surface area contributed by atoms with Crippen LogP contribution in [0.25, 0.3) is 5.57 Å². The number of carboxylic acid groups (broad SMARTS) is 1. The Balaban J connectivity index is 0.681. The van der Waals surface area contributed by atoms with E-state index in [0.717, 1.165) is 155 Å². The van der Waals surface area contributed by atoms with Gasteiger partial charge in [0.1, 0.15) is 42.0 Å². The number of fused-ring (bicyclic) bond motifs is 5. The quantitative estimate of drug-likeness (QED) is 0.0401. The number of nitrogens with two attached hydrogens (primary N) is 1. The van der Waals surface area contributed by atoms with E-state index < -0.39 is 29.3 Å². The van der Waals surface area contributed by atoms with Crippen molar-refractivity contribution in [2.45, 2.75) is 128 Å². The summed E-state index contributed by atoms with van der Waals surface area (Å²) in [6.07, 6.45) is 10.1. The van der Waals surface area contributed by atoms with Gasteiger partial charge in [-0.2, -0.15) is 13.2 Å². The molecule has 1 fully saturated rings. The van der Waals surface area contributed by atoms with Gasteiger partial charge in [-0.05, 0) is 136 Å². The van der Waals surface area contributed by atoms with Crippen molar-refractivity contribution >= 4 is 41.2 Å². The molecule has 0 unspecified atom stereocenters. The van der Waals surface area contributed by atoms with E-state index >= 15 is 0 Å². The highest BCUT2D eigenvalue weighted by Crippen LogP contribution is 2.49. The summed E-state index contributed by atoms with van der Waals surface area (Å²) in [5.74, 6) is -1.04. The molecule has 0 atom stereocenters. The molecule has 18 heteroatoms. The largest absolute Gasteiger partial charge is 0.545 e. The Morgan fingerprint density at radius 1 is 0.772 bits per heavy atom. The Kier molecular flexibility index (Phi) is 15.6. The van der Waals surface area contributed by atoms with Crippen LogP contribution in [0.3, 0.4) is 0 Å². The van der Waals surface area contributed by atoms with Crippen LogP contribution in [0.5, 0.6) is 17.2 Å². The molecule has 3 amide bonds. The van der Waals surface area contributed by atoms with Crippen LogP contribution >= 0.6 is 0 Å². The van der Waals surface area contributed by atoms with Gasteiger partial charge in [-0.3, -0.25) is 19.3 Å². The van der Waals surface area contributed by atoms with E-state index in [-0.39, 0.29) is 43.1 Å². The summed E-state index contributed by atoms with van der Waals surface area (Å²) >= 11 is 0. The summed E-state index contributed by atoms with van der Waals surface area (Å²) in [6, 6.07) is 14.7. The van der Waals surface area contributed by atoms with Crippen molar-refractivity contribution in [2.24, 2.45) is 5.73 Å². The molecule has 11 rings (SSSR count). The first-order valence-corrected chi connectivity index (χ1v) is 28.4. The molecule has 0 saturated carbocycles. The van der Waals surface area contributed by atoms with E-state index in [9.17, 15) is 37.5 Å². The fourth-order valence-corrected chi connectivity index (χ4v) is 13.3. The zero-order valence-electron chi connectivity index (χ0n) is 44.7. The van der Waals surface area contributed by atoms with Crippen molar-refractivity contribution in [3.05, 3.63) is 126 Å². The zero-order chi connectivity index (χ0) is 55.0. The van der Waals surface area contributed by atoms with Crippen LogP contribution in [0.2, 0.25) is 0 Å². The number of aryl methyl sites for hydroxylation is 2. The second-order valence-corrected chi connectivity index (χ2v) is 22.3. The molecule has 79 heavy (non-hydrogen) atoms. The van der Waals surface area contributed by atoms with E-state index in [0.29, 0.717) is 62.1 Å². The van der Waals surface area contributed by atoms with Gasteiger partial charge in [-0.1, -0.05) is 25.0 Å². The number of alkyl halides is 3. The Hall–Kier alpha value is -7.21. The maximum absolute atomic E-state index is 14.0. The van der Waals surface area contributed by atoms with Gasteiger partial charge in [0.15, 0.2) is 0 Å². The number of carbonyl (C=O) groups is 4. The third-order valence-electron chi connectivity index (χ3n) is 17.0. The molecular weight excluding hydrogens is 1010 g/mol. The lowest BCUT2D eigenvalue weighted by Crippen LogP contribution is -2.43. The number of halogens is 3. The molecule has 4 aromatic carbocycles. The smallest absolute Gasteiger partial charge is 0.423 e. The molecular formula is C61H69F3N8O7. The van der Waals surface area contributed by atoms with E-state index in [4.69, 9.17) is 20.6 Å². The number of likely N-dealkylation sites (tertiary alicyclic amines) is 1. The highest BCUT2D eigenvalue weighted by molar-refractivity contribution is 6.02. The number of benzene rings is 4. The van der Waals surface area contributed by atoms with Gasteiger partial charge in [0, 0.05) is 116 Å². The Morgan fingerprint density at radius 3 is 2.28 bits per heavy atom. The summed E-state index contributed by atoms with van der Waals surface area (Å²) in [6.45, 7) is 6.76. The lowest BCUT2D eigenvalue weighted by Gasteiger charge is -2.36. The highest BCUT2D eigenvalue weighted by Gasteiger charge is 2.42. The van der Waals surface area contributed by atoms with Gasteiger partial charge in [-0.15, -0.1) is 0 Å². The number of anilines is 1. The van der Waals surface area contributed by atoms with Crippen LogP contribution in [0.4, 0.5) is 18.9 Å². The topological polar surface area (TPSA) is 196 Å². The molecule has 7 heterocycles. The summed E-state index contributed by atoms with van der Waals surface area (Å²) in [5, 5.41) is 29.1. The molecule has 0 spiro atoms. The van der Waals surface area contributed by atoms with Crippen molar-refractivity contribution in [1.29, 1.82) is 5.41 Å². The number of amides is 3. The van der Waals surface area contributed by atoms with Crippen molar-refractivity contribution in [1.82, 2.24) is 25.0 Å². The fourth-order valence-electron chi connectivity index (χ4n) is 13.3. The average Bonchev–Trinajstić information content (AvgIpc) is 3.65. The number of allylic oxidation sites excluding steroid dienone is 1. The van der Waals surface area contributed by atoms with Crippen molar-refractivity contribution in [2.75, 3.05) is 63.8 Å². The summed E-state index contributed by atoms with van der Waals surface area (Å²) in [5.41, 5.74) is 13.3. The maximum atomic E-state index is 14.0. The maximum Gasteiger partial charge on any atom is 0.423 e. The molecule has 5 N–H and O–H groups in total. The monoisotopic (exact) mass is 1080 g/mol. The van der Waals surface area contributed by atoms with Crippen LogP contribution in [-0.2, 0) is 48.4 Å². The number of hydrogen-bond acceptors (Lipinski definition) is 11. The number of primary amides is 1. The Morgan fingerprint density at radius 2 is 1.51 bits per heavy atom. The number of unbranched alkanes of at least 4 members (excludes halogenated alkanes) is 3. The third-order valence-corrected chi connectivity index (χ3v) is 17.0. The molecule has 1 saturated heterocycles. The molecule has 0 bridgehead atoms. The summed E-state index contributed by atoms with van der Waals surface area (Å²) in [7, 11) is 0. The van der Waals surface area contributed by atoms with Crippen LogP contribution in [-0.4, -0.2) is 111 Å². The van der Waals surface area contributed by atoms with Gasteiger partial charge >= 0.3 is 6.18 Å². The van der Waals surface area contributed by atoms with Crippen LogP contribution in [0, 0.1) is 5.41 Å². The number of carboxylic acids is 1. The first-order chi connectivity index (χ1) is 38.2. The van der Waals surface area contributed by atoms with Crippen LogP contribution in [0.15, 0.2) is 59.8 Å². The summed E-state index contributed by atoms with van der Waals surface area (Å²) in [4.78, 5) is 57.7. The normalized spacial score (nSPS) is 18.1. The molecule has 7 aliphatic heterocycles. The Bertz CT molecular complexity index is 3290. The van der Waals surface area contributed by atoms with Crippen molar-refractivity contribution in [3.8, 4) is 17.2 Å². The molecule has 416 valence electrons. The van der Waals surface area contributed by atoms with Crippen molar-refractivity contribution in [3.63, 3.8) is 0 Å². The molecule has 0 aromatic heterocycles. The molecule has 7 aliphatic rings. The van der Waals surface area contributed by atoms with Crippen LogP contribution in [0.1, 0.15) is 142 Å². The number of rotatable bonds is 17. The van der Waals surface area contributed by atoms with E-state index in [1.165, 1.54) is 44.3 Å². The lowest BCUT2D eigenvalue weighted by molar-refractivity contribution is -0.255. The van der Waals surface area contributed by atoms with Gasteiger partial charge in [0.25, 0.3) is 11.8 Å². The second-order valence-electron chi connectivity index (χ2n) is 22.3. The first-order valence-electron chi connectivity index (χ1n) is 28.4. The minimum Gasteiger partial charge on any atom is -0.545 e. The lowest BCUT2D eigenvalue weighted by atomic mass is 9.82. The van der Waals surface area contributed by atoms with Crippen LogP contribution < -0.4 is 51.0 Å². The second kappa shape index (κ2) is 22.9. The SMILES string of the molecule is N=C/C(=C(\C(N)=O)C(F)(F)F)N1Cc2ccc(OC3CCN(CC(=O)NCCCCCCNC(=O)c4ccc(C(=O)[O-])c(C5=c6cc7c8c(c6Oc6c5cc5c9c6CCCN9CCCC5)CCC[N+]=8CCCC7)c4)CC3)cc2C1. The average molecular weight is 1080 g/mol. The van der Waals surface area contributed by atoms with Gasteiger partial charge in [0.05, 0.1) is 23.8 Å². The number of ether oxygens (including phenoxy) is 2. The number of hydrogen-bond donors (Lipinski definition) is 4. The first kappa shape index (κ1) is 53.8. The minimum absolute atomic E-state index is 0.0449. The fraction of sp³-hybridized carbons (Fsp3) is 0.475. The number of piperidine rings is 1. The van der Waals surface area contributed by atoms with Gasteiger partial charge in [0.2, 0.25) is 11.3 Å². The molecule has 0 aliphatic carbocycles. The van der Waals surface area contributed by atoms with Gasteiger partial charge in [-0.25, -0.2) is 4.58 Å². The van der Waals surface area contributed by atoms with Crippen molar-refractivity contribution < 1.29 is 46.9 Å². The number of nitrogens with zero attached hydrogens (tertiary/aromatic N) is 4. The number of aromatic carboxylic acids is 1. The number of carbonyl (C=O) groups excluding carboxylic acids is 4. The third kappa shape index (κ3) is 11.1.